The predicted octanol–water partition coefficient (Wildman–Crippen LogP) is 3.58. The molecule has 1 aliphatic rings. The molecule has 3 rings (SSSR count). The number of amides is 2. The van der Waals surface area contributed by atoms with E-state index in [2.05, 4.69) is 0 Å². The Morgan fingerprint density at radius 2 is 1.58 bits per heavy atom. The van der Waals surface area contributed by atoms with Crippen molar-refractivity contribution in [3.63, 3.8) is 0 Å². The molecular weight excluding hydrogens is 398 g/mol. The highest BCUT2D eigenvalue weighted by Gasteiger charge is 2.26. The normalized spacial score (nSPS) is 13.7. The molecule has 0 fully saturated rings. The van der Waals surface area contributed by atoms with Gasteiger partial charge >= 0.3 is 0 Å². The summed E-state index contributed by atoms with van der Waals surface area (Å²) in [6.45, 7) is 0.330. The van der Waals surface area contributed by atoms with Crippen molar-refractivity contribution in [2.45, 2.75) is 6.42 Å². The van der Waals surface area contributed by atoms with Crippen molar-refractivity contribution in [3.8, 4) is 23.0 Å². The molecule has 2 amide bonds. The van der Waals surface area contributed by atoms with Crippen molar-refractivity contribution in [3.05, 3.63) is 59.7 Å². The van der Waals surface area contributed by atoms with E-state index in [1.807, 2.05) is 18.2 Å². The van der Waals surface area contributed by atoms with E-state index in [-0.39, 0.29) is 5.91 Å². The SMILES string of the molecule is COc1ccc(C2=CCCN(C(=O)C=Cc3cc(OC)c(OC)c(OC)c3)C2=O)cc1. The molecule has 2 aromatic rings. The van der Waals surface area contributed by atoms with Gasteiger partial charge in [-0.15, -0.1) is 0 Å². The van der Waals surface area contributed by atoms with Crippen LogP contribution in [-0.4, -0.2) is 51.7 Å². The summed E-state index contributed by atoms with van der Waals surface area (Å²) in [5.41, 5.74) is 1.93. The molecule has 0 bridgehead atoms. The van der Waals surface area contributed by atoms with E-state index < -0.39 is 5.91 Å². The van der Waals surface area contributed by atoms with Gasteiger partial charge in [0.2, 0.25) is 5.75 Å². The van der Waals surface area contributed by atoms with Crippen LogP contribution in [-0.2, 0) is 9.59 Å². The molecule has 0 spiro atoms. The maximum atomic E-state index is 12.9. The molecule has 162 valence electrons. The number of hydrogen-bond acceptors (Lipinski definition) is 6. The maximum Gasteiger partial charge on any atom is 0.261 e. The van der Waals surface area contributed by atoms with Crippen molar-refractivity contribution in [1.29, 1.82) is 0 Å². The van der Waals surface area contributed by atoms with Crippen LogP contribution in [0.4, 0.5) is 0 Å². The summed E-state index contributed by atoms with van der Waals surface area (Å²) in [5.74, 6) is 1.41. The third-order valence-electron chi connectivity index (χ3n) is 4.95. The highest BCUT2D eigenvalue weighted by Crippen LogP contribution is 2.38. The standard InChI is InChI=1S/C24H25NO6/c1-28-18-10-8-17(9-11-18)19-6-5-13-25(24(19)27)22(26)12-7-16-14-20(29-2)23(31-4)21(15-16)30-3/h6-12,14-15H,5,13H2,1-4H3. The maximum absolute atomic E-state index is 12.9. The summed E-state index contributed by atoms with van der Waals surface area (Å²) in [6, 6.07) is 10.6. The number of ether oxygens (including phenoxy) is 4. The number of imide groups is 1. The first-order valence-electron chi connectivity index (χ1n) is 9.70. The average Bonchev–Trinajstić information content (AvgIpc) is 2.81. The molecule has 0 saturated carbocycles. The van der Waals surface area contributed by atoms with Crippen LogP contribution in [0.5, 0.6) is 23.0 Å². The number of hydrogen-bond donors (Lipinski definition) is 0. The summed E-state index contributed by atoms with van der Waals surface area (Å²) < 4.78 is 21.1. The zero-order chi connectivity index (χ0) is 22.4. The number of methoxy groups -OCH3 is 4. The molecule has 1 heterocycles. The van der Waals surface area contributed by atoms with E-state index in [1.165, 1.54) is 32.3 Å². The predicted molar refractivity (Wildman–Crippen MR) is 117 cm³/mol. The average molecular weight is 423 g/mol. The van der Waals surface area contributed by atoms with E-state index >= 15 is 0 Å². The summed E-state index contributed by atoms with van der Waals surface area (Å²) in [7, 11) is 6.15. The summed E-state index contributed by atoms with van der Waals surface area (Å²) in [4.78, 5) is 27.0. The second-order valence-electron chi connectivity index (χ2n) is 6.72. The van der Waals surface area contributed by atoms with E-state index in [9.17, 15) is 9.59 Å². The molecule has 31 heavy (non-hydrogen) atoms. The lowest BCUT2D eigenvalue weighted by Crippen LogP contribution is -2.39. The summed E-state index contributed by atoms with van der Waals surface area (Å²) in [6.07, 6.45) is 5.44. The lowest BCUT2D eigenvalue weighted by Gasteiger charge is -2.24. The second-order valence-corrected chi connectivity index (χ2v) is 6.72. The minimum Gasteiger partial charge on any atom is -0.497 e. The number of carbonyl (C=O) groups is 2. The van der Waals surface area contributed by atoms with Crippen LogP contribution in [0, 0.1) is 0 Å². The van der Waals surface area contributed by atoms with Crippen molar-refractivity contribution >= 4 is 23.5 Å². The Labute approximate surface area is 181 Å². The molecule has 0 saturated heterocycles. The Balaban J connectivity index is 1.79. The van der Waals surface area contributed by atoms with Crippen LogP contribution >= 0.6 is 0 Å². The van der Waals surface area contributed by atoms with Gasteiger partial charge in [-0.3, -0.25) is 14.5 Å². The van der Waals surface area contributed by atoms with Gasteiger partial charge in [-0.2, -0.15) is 0 Å². The molecule has 0 N–H and O–H groups in total. The van der Waals surface area contributed by atoms with Crippen LogP contribution in [0.3, 0.4) is 0 Å². The van der Waals surface area contributed by atoms with E-state index in [1.54, 1.807) is 37.5 Å². The monoisotopic (exact) mass is 423 g/mol. The summed E-state index contributed by atoms with van der Waals surface area (Å²) >= 11 is 0. The Morgan fingerprint density at radius 3 is 2.13 bits per heavy atom. The van der Waals surface area contributed by atoms with Gasteiger partial charge in [0.15, 0.2) is 11.5 Å². The van der Waals surface area contributed by atoms with Crippen molar-refractivity contribution < 1.29 is 28.5 Å². The van der Waals surface area contributed by atoms with Gasteiger partial charge in [-0.05, 0) is 47.9 Å². The number of nitrogens with zero attached hydrogens (tertiary/aromatic N) is 1. The molecule has 0 unspecified atom stereocenters. The quantitative estimate of drug-likeness (QED) is 0.634. The Morgan fingerprint density at radius 1 is 0.935 bits per heavy atom. The van der Waals surface area contributed by atoms with Crippen LogP contribution in [0.15, 0.2) is 48.6 Å². The zero-order valence-corrected chi connectivity index (χ0v) is 18.0. The number of carbonyl (C=O) groups excluding carboxylic acids is 2. The van der Waals surface area contributed by atoms with Gasteiger partial charge in [-0.25, -0.2) is 0 Å². The fourth-order valence-electron chi connectivity index (χ4n) is 3.35. The minimum atomic E-state index is -0.391. The largest absolute Gasteiger partial charge is 0.497 e. The molecule has 1 aliphatic heterocycles. The first-order valence-corrected chi connectivity index (χ1v) is 9.70. The van der Waals surface area contributed by atoms with Gasteiger partial charge < -0.3 is 18.9 Å². The van der Waals surface area contributed by atoms with Gasteiger partial charge in [0, 0.05) is 18.2 Å². The molecule has 0 aromatic heterocycles. The van der Waals surface area contributed by atoms with E-state index in [0.717, 1.165) is 5.56 Å². The van der Waals surface area contributed by atoms with Crippen LogP contribution < -0.4 is 18.9 Å². The molecule has 2 aromatic carbocycles. The Kier molecular flexibility index (Phi) is 6.97. The molecule has 0 radical (unpaired) electrons. The number of rotatable bonds is 7. The first-order chi connectivity index (χ1) is 15.0. The van der Waals surface area contributed by atoms with Gasteiger partial charge in [0.1, 0.15) is 5.75 Å². The Hall–Kier alpha value is -3.74. The fourth-order valence-corrected chi connectivity index (χ4v) is 3.35. The van der Waals surface area contributed by atoms with Crippen LogP contribution in [0.2, 0.25) is 0 Å². The highest BCUT2D eigenvalue weighted by molar-refractivity contribution is 6.25. The summed E-state index contributed by atoms with van der Waals surface area (Å²) in [5, 5.41) is 0. The Bertz CT molecular complexity index is 998. The molecule has 0 aliphatic carbocycles. The van der Waals surface area contributed by atoms with Crippen LogP contribution in [0.1, 0.15) is 17.5 Å². The van der Waals surface area contributed by atoms with Crippen LogP contribution in [0.25, 0.3) is 11.6 Å². The van der Waals surface area contributed by atoms with Gasteiger partial charge in [0.05, 0.1) is 28.4 Å². The third kappa shape index (κ3) is 4.71. The smallest absolute Gasteiger partial charge is 0.261 e. The molecule has 0 atom stereocenters. The number of benzene rings is 2. The minimum absolute atomic E-state index is 0.323. The second kappa shape index (κ2) is 9.84. The highest BCUT2D eigenvalue weighted by atomic mass is 16.5. The van der Waals surface area contributed by atoms with Crippen molar-refractivity contribution in [1.82, 2.24) is 4.90 Å². The van der Waals surface area contributed by atoms with E-state index in [0.29, 0.717) is 47.1 Å². The first kappa shape index (κ1) is 22.0. The zero-order valence-electron chi connectivity index (χ0n) is 18.0. The topological polar surface area (TPSA) is 74.3 Å². The fraction of sp³-hybridized carbons (Fsp3) is 0.250. The van der Waals surface area contributed by atoms with Gasteiger partial charge in [0.25, 0.3) is 11.8 Å². The van der Waals surface area contributed by atoms with Crippen molar-refractivity contribution in [2.24, 2.45) is 0 Å². The van der Waals surface area contributed by atoms with E-state index in [4.69, 9.17) is 18.9 Å². The lowest BCUT2D eigenvalue weighted by atomic mass is 10.00. The lowest BCUT2D eigenvalue weighted by molar-refractivity contribution is -0.138. The third-order valence-corrected chi connectivity index (χ3v) is 4.95. The van der Waals surface area contributed by atoms with Gasteiger partial charge in [-0.1, -0.05) is 18.2 Å². The molecule has 7 nitrogen and oxygen atoms in total. The molecule has 7 heteroatoms. The molecular formula is C24H25NO6. The van der Waals surface area contributed by atoms with Crippen molar-refractivity contribution in [2.75, 3.05) is 35.0 Å².